The van der Waals surface area contributed by atoms with Crippen LogP contribution in [0.5, 0.6) is 0 Å². The Labute approximate surface area is 138 Å². The Hall–Kier alpha value is -1.14. The number of nitrogens with two attached hydrogens (primary N) is 1. The summed E-state index contributed by atoms with van der Waals surface area (Å²) in [6.07, 6.45) is 0. The summed E-state index contributed by atoms with van der Waals surface area (Å²) < 4.78 is 10.5. The number of halogens is 1. The molecule has 1 aliphatic rings. The third-order valence-corrected chi connectivity index (χ3v) is 3.75. The maximum Gasteiger partial charge on any atom is 0.248 e. The van der Waals surface area contributed by atoms with Crippen molar-refractivity contribution in [2.75, 3.05) is 39.5 Å². The molecule has 2 N–H and O–H groups in total. The minimum Gasteiger partial charge on any atom is -0.379 e. The maximum atomic E-state index is 12.1. The first kappa shape index (κ1) is 18.9. The van der Waals surface area contributed by atoms with Gasteiger partial charge in [-0.1, -0.05) is 30.3 Å². The van der Waals surface area contributed by atoms with E-state index in [1.165, 1.54) is 5.56 Å². The van der Waals surface area contributed by atoms with Gasteiger partial charge in [0.15, 0.2) is 0 Å². The molecule has 1 fully saturated rings. The molecule has 6 heteroatoms. The summed E-state index contributed by atoms with van der Waals surface area (Å²) in [7, 11) is 0. The van der Waals surface area contributed by atoms with Gasteiger partial charge in [0.05, 0.1) is 13.2 Å². The van der Waals surface area contributed by atoms with Crippen molar-refractivity contribution in [2.24, 2.45) is 5.73 Å². The molecule has 0 unspecified atom stereocenters. The van der Waals surface area contributed by atoms with E-state index in [1.54, 1.807) is 4.90 Å². The zero-order valence-electron chi connectivity index (χ0n) is 12.9. The Bertz CT molecular complexity index is 444. The van der Waals surface area contributed by atoms with E-state index >= 15 is 0 Å². The van der Waals surface area contributed by atoms with Crippen molar-refractivity contribution in [3.8, 4) is 0 Å². The Kier molecular flexibility index (Phi) is 8.42. The number of nitrogens with zero attached hydrogens (tertiary/aromatic N) is 1. The van der Waals surface area contributed by atoms with E-state index in [0.29, 0.717) is 32.9 Å². The standard InChI is InChI=1S/C16H24N2O3.ClH/c1-2-20-8-9-21-12-16(19)18-10-14(15(17)11-18)13-6-4-3-5-7-13;/h3-7,14-15H,2,8-12,17H2,1H3;1H/t14-,15+;/m0./s1. The molecule has 1 saturated heterocycles. The lowest BCUT2D eigenvalue weighted by molar-refractivity contribution is -0.135. The lowest BCUT2D eigenvalue weighted by atomic mass is 9.95. The first-order valence-corrected chi connectivity index (χ1v) is 7.46. The number of carbonyl (C=O) groups is 1. The number of benzene rings is 1. The molecule has 1 aliphatic heterocycles. The molecule has 0 aromatic heterocycles. The molecule has 0 spiro atoms. The summed E-state index contributed by atoms with van der Waals surface area (Å²) in [6.45, 7) is 4.92. The second-order valence-electron chi connectivity index (χ2n) is 5.23. The molecule has 1 aromatic rings. The first-order valence-electron chi connectivity index (χ1n) is 7.46. The highest BCUT2D eigenvalue weighted by molar-refractivity contribution is 5.85. The molecule has 1 aromatic carbocycles. The van der Waals surface area contributed by atoms with E-state index in [2.05, 4.69) is 12.1 Å². The number of hydrogen-bond donors (Lipinski definition) is 1. The highest BCUT2D eigenvalue weighted by Gasteiger charge is 2.33. The molecular formula is C16H25ClN2O3. The topological polar surface area (TPSA) is 64.8 Å². The van der Waals surface area contributed by atoms with E-state index in [-0.39, 0.29) is 36.9 Å². The van der Waals surface area contributed by atoms with Crippen LogP contribution in [0.4, 0.5) is 0 Å². The van der Waals surface area contributed by atoms with Crippen LogP contribution in [0.3, 0.4) is 0 Å². The first-order chi connectivity index (χ1) is 10.2. The largest absolute Gasteiger partial charge is 0.379 e. The average molecular weight is 329 g/mol. The van der Waals surface area contributed by atoms with Crippen LogP contribution >= 0.6 is 12.4 Å². The van der Waals surface area contributed by atoms with Crippen LogP contribution in [0.25, 0.3) is 0 Å². The van der Waals surface area contributed by atoms with Crippen LogP contribution in [-0.2, 0) is 14.3 Å². The molecule has 1 heterocycles. The van der Waals surface area contributed by atoms with E-state index in [0.717, 1.165) is 0 Å². The Morgan fingerprint density at radius 3 is 2.59 bits per heavy atom. The zero-order chi connectivity index (χ0) is 15.1. The normalized spacial score (nSPS) is 20.7. The fraction of sp³-hybridized carbons (Fsp3) is 0.562. The maximum absolute atomic E-state index is 12.1. The van der Waals surface area contributed by atoms with Gasteiger partial charge < -0.3 is 20.1 Å². The molecule has 1 amide bonds. The SMILES string of the molecule is CCOCCOCC(=O)N1C[C@@H](N)[C@H](c2ccccc2)C1.Cl. The van der Waals surface area contributed by atoms with Gasteiger partial charge in [-0.15, -0.1) is 12.4 Å². The third-order valence-electron chi connectivity index (χ3n) is 3.75. The van der Waals surface area contributed by atoms with Crippen molar-refractivity contribution in [3.05, 3.63) is 35.9 Å². The van der Waals surface area contributed by atoms with Crippen LogP contribution in [0.15, 0.2) is 30.3 Å². The Balaban J connectivity index is 0.00000242. The number of likely N-dealkylation sites (tertiary alicyclic amines) is 1. The molecule has 0 radical (unpaired) electrons. The van der Waals surface area contributed by atoms with Gasteiger partial charge in [-0.2, -0.15) is 0 Å². The van der Waals surface area contributed by atoms with Crippen LogP contribution in [0.2, 0.25) is 0 Å². The summed E-state index contributed by atoms with van der Waals surface area (Å²) in [5.41, 5.74) is 7.37. The average Bonchev–Trinajstić information content (AvgIpc) is 2.90. The van der Waals surface area contributed by atoms with Crippen molar-refractivity contribution in [1.29, 1.82) is 0 Å². The molecule has 22 heavy (non-hydrogen) atoms. The summed E-state index contributed by atoms with van der Waals surface area (Å²) in [5, 5.41) is 0. The monoisotopic (exact) mass is 328 g/mol. The predicted molar refractivity (Wildman–Crippen MR) is 88.3 cm³/mol. The highest BCUT2D eigenvalue weighted by Crippen LogP contribution is 2.26. The van der Waals surface area contributed by atoms with Crippen molar-refractivity contribution >= 4 is 18.3 Å². The molecule has 2 atom stereocenters. The van der Waals surface area contributed by atoms with Crippen LogP contribution in [0.1, 0.15) is 18.4 Å². The van der Waals surface area contributed by atoms with E-state index in [4.69, 9.17) is 15.2 Å². The summed E-state index contributed by atoms with van der Waals surface area (Å²) in [4.78, 5) is 13.9. The third kappa shape index (κ3) is 5.25. The van der Waals surface area contributed by atoms with E-state index in [9.17, 15) is 4.79 Å². The minimum atomic E-state index is -0.0141. The van der Waals surface area contributed by atoms with Gasteiger partial charge in [0, 0.05) is 31.7 Å². The van der Waals surface area contributed by atoms with Gasteiger partial charge >= 0.3 is 0 Å². The minimum absolute atomic E-state index is 0. The van der Waals surface area contributed by atoms with Crippen molar-refractivity contribution in [3.63, 3.8) is 0 Å². The molecule has 2 rings (SSSR count). The molecule has 5 nitrogen and oxygen atoms in total. The summed E-state index contributed by atoms with van der Waals surface area (Å²) in [5.74, 6) is 0.207. The fourth-order valence-electron chi connectivity index (χ4n) is 2.60. The lowest BCUT2D eigenvalue weighted by Crippen LogP contribution is -2.34. The quantitative estimate of drug-likeness (QED) is 0.769. The van der Waals surface area contributed by atoms with Crippen LogP contribution in [0, 0.1) is 0 Å². The molecule has 124 valence electrons. The van der Waals surface area contributed by atoms with Gasteiger partial charge in [-0.05, 0) is 12.5 Å². The molecule has 0 saturated carbocycles. The second kappa shape index (κ2) is 9.79. The van der Waals surface area contributed by atoms with E-state index in [1.807, 2.05) is 25.1 Å². The predicted octanol–water partition coefficient (Wildman–Crippen LogP) is 1.41. The number of rotatable bonds is 7. The van der Waals surface area contributed by atoms with Crippen LogP contribution < -0.4 is 5.73 Å². The molecule has 0 bridgehead atoms. The van der Waals surface area contributed by atoms with Crippen molar-refractivity contribution in [2.45, 2.75) is 18.9 Å². The number of carbonyl (C=O) groups excluding carboxylic acids is 1. The van der Waals surface area contributed by atoms with Crippen molar-refractivity contribution < 1.29 is 14.3 Å². The molecular weight excluding hydrogens is 304 g/mol. The zero-order valence-corrected chi connectivity index (χ0v) is 13.8. The van der Waals surface area contributed by atoms with Crippen molar-refractivity contribution in [1.82, 2.24) is 4.90 Å². The van der Waals surface area contributed by atoms with Gasteiger partial charge in [0.1, 0.15) is 6.61 Å². The Morgan fingerprint density at radius 1 is 1.23 bits per heavy atom. The fourth-order valence-corrected chi connectivity index (χ4v) is 2.60. The number of ether oxygens (including phenoxy) is 2. The molecule has 0 aliphatic carbocycles. The smallest absolute Gasteiger partial charge is 0.248 e. The number of hydrogen-bond acceptors (Lipinski definition) is 4. The Morgan fingerprint density at radius 2 is 1.91 bits per heavy atom. The van der Waals surface area contributed by atoms with Gasteiger partial charge in [-0.25, -0.2) is 0 Å². The number of amides is 1. The van der Waals surface area contributed by atoms with Crippen LogP contribution in [-0.4, -0.2) is 56.4 Å². The van der Waals surface area contributed by atoms with E-state index < -0.39 is 0 Å². The van der Waals surface area contributed by atoms with Gasteiger partial charge in [0.2, 0.25) is 5.91 Å². The highest BCUT2D eigenvalue weighted by atomic mass is 35.5. The summed E-state index contributed by atoms with van der Waals surface area (Å²) in [6, 6.07) is 10.1. The van der Waals surface area contributed by atoms with Gasteiger partial charge in [-0.3, -0.25) is 4.79 Å². The second-order valence-corrected chi connectivity index (χ2v) is 5.23. The summed E-state index contributed by atoms with van der Waals surface area (Å²) >= 11 is 0. The van der Waals surface area contributed by atoms with Gasteiger partial charge in [0.25, 0.3) is 0 Å². The lowest BCUT2D eigenvalue weighted by Gasteiger charge is -2.16.